The molecular formula is C11H15NO3S. The SMILES string of the molecule is NCc1ccccc1OC1CCS(=O)(=O)C1. The maximum Gasteiger partial charge on any atom is 0.154 e. The highest BCUT2D eigenvalue weighted by Crippen LogP contribution is 2.23. The summed E-state index contributed by atoms with van der Waals surface area (Å²) in [5.41, 5.74) is 6.49. The van der Waals surface area contributed by atoms with Crippen molar-refractivity contribution in [3.05, 3.63) is 29.8 Å². The lowest BCUT2D eigenvalue weighted by molar-refractivity contribution is 0.226. The largest absolute Gasteiger partial charge is 0.489 e. The first-order valence-corrected chi connectivity index (χ1v) is 7.08. The van der Waals surface area contributed by atoms with Crippen molar-refractivity contribution >= 4 is 9.84 Å². The molecule has 2 N–H and O–H groups in total. The number of ether oxygens (including phenoxy) is 1. The van der Waals surface area contributed by atoms with Crippen molar-refractivity contribution in [3.63, 3.8) is 0 Å². The van der Waals surface area contributed by atoms with E-state index in [9.17, 15) is 8.42 Å². The fraction of sp³-hybridized carbons (Fsp3) is 0.455. The standard InChI is InChI=1S/C11H15NO3S/c12-7-9-3-1-2-4-11(9)15-10-5-6-16(13,14)8-10/h1-4,10H,5-8,12H2. The van der Waals surface area contributed by atoms with Crippen LogP contribution in [-0.2, 0) is 16.4 Å². The zero-order valence-electron chi connectivity index (χ0n) is 8.93. The van der Waals surface area contributed by atoms with Gasteiger partial charge in [-0.25, -0.2) is 8.42 Å². The molecule has 88 valence electrons. The molecule has 0 bridgehead atoms. The first-order valence-electron chi connectivity index (χ1n) is 5.26. The Hall–Kier alpha value is -1.07. The van der Waals surface area contributed by atoms with Crippen LogP contribution in [0.25, 0.3) is 0 Å². The van der Waals surface area contributed by atoms with Gasteiger partial charge in [0.05, 0.1) is 11.5 Å². The van der Waals surface area contributed by atoms with Crippen molar-refractivity contribution in [2.45, 2.75) is 19.1 Å². The lowest BCUT2D eigenvalue weighted by Gasteiger charge is -2.14. The molecular weight excluding hydrogens is 226 g/mol. The molecule has 1 aliphatic heterocycles. The third-order valence-electron chi connectivity index (χ3n) is 2.68. The number of hydrogen-bond acceptors (Lipinski definition) is 4. The van der Waals surface area contributed by atoms with Crippen molar-refractivity contribution in [1.29, 1.82) is 0 Å². The second-order valence-corrected chi connectivity index (χ2v) is 6.18. The summed E-state index contributed by atoms with van der Waals surface area (Å²) in [6.45, 7) is 0.398. The Kier molecular flexibility index (Phi) is 3.16. The highest BCUT2D eigenvalue weighted by molar-refractivity contribution is 7.91. The van der Waals surface area contributed by atoms with E-state index in [0.29, 0.717) is 18.7 Å². The first kappa shape index (κ1) is 11.4. The summed E-state index contributed by atoms with van der Waals surface area (Å²) in [5, 5.41) is 0. The zero-order chi connectivity index (χ0) is 11.6. The molecule has 0 aliphatic carbocycles. The monoisotopic (exact) mass is 241 g/mol. The Morgan fingerprint density at radius 1 is 1.38 bits per heavy atom. The van der Waals surface area contributed by atoms with Crippen LogP contribution in [0.5, 0.6) is 5.75 Å². The van der Waals surface area contributed by atoms with Crippen LogP contribution >= 0.6 is 0 Å². The Labute approximate surface area is 95.3 Å². The summed E-state index contributed by atoms with van der Waals surface area (Å²) in [6, 6.07) is 7.46. The second-order valence-electron chi connectivity index (χ2n) is 3.95. The van der Waals surface area contributed by atoms with E-state index in [1.165, 1.54) is 0 Å². The molecule has 16 heavy (non-hydrogen) atoms. The lowest BCUT2D eigenvalue weighted by atomic mass is 10.2. The van der Waals surface area contributed by atoms with Gasteiger partial charge in [0.2, 0.25) is 0 Å². The van der Waals surface area contributed by atoms with E-state index in [-0.39, 0.29) is 17.6 Å². The highest BCUT2D eigenvalue weighted by atomic mass is 32.2. The molecule has 1 aliphatic rings. The van der Waals surface area contributed by atoms with Gasteiger partial charge in [0.1, 0.15) is 11.9 Å². The third-order valence-corrected chi connectivity index (χ3v) is 4.41. The Morgan fingerprint density at radius 2 is 2.12 bits per heavy atom. The van der Waals surface area contributed by atoms with Crippen LogP contribution < -0.4 is 10.5 Å². The van der Waals surface area contributed by atoms with Gasteiger partial charge in [0.25, 0.3) is 0 Å². The molecule has 1 aromatic carbocycles. The molecule has 0 radical (unpaired) electrons. The van der Waals surface area contributed by atoms with E-state index in [1.807, 2.05) is 24.3 Å². The van der Waals surface area contributed by atoms with Crippen LogP contribution in [0.15, 0.2) is 24.3 Å². The summed E-state index contributed by atoms with van der Waals surface area (Å²) < 4.78 is 28.2. The molecule has 1 aromatic rings. The van der Waals surface area contributed by atoms with Crippen molar-refractivity contribution in [1.82, 2.24) is 0 Å². The van der Waals surface area contributed by atoms with E-state index in [2.05, 4.69) is 0 Å². The third kappa shape index (κ3) is 2.54. The van der Waals surface area contributed by atoms with E-state index in [1.54, 1.807) is 0 Å². The molecule has 1 unspecified atom stereocenters. The maximum absolute atomic E-state index is 11.3. The van der Waals surface area contributed by atoms with Gasteiger partial charge in [-0.3, -0.25) is 0 Å². The smallest absolute Gasteiger partial charge is 0.154 e. The zero-order valence-corrected chi connectivity index (χ0v) is 9.74. The van der Waals surface area contributed by atoms with Gasteiger partial charge < -0.3 is 10.5 Å². The summed E-state index contributed by atoms with van der Waals surface area (Å²) in [5.74, 6) is 1.04. The van der Waals surface area contributed by atoms with Crippen LogP contribution in [-0.4, -0.2) is 26.0 Å². The minimum absolute atomic E-state index is 0.117. The normalized spacial score (nSPS) is 23.2. The van der Waals surface area contributed by atoms with Gasteiger partial charge in [-0.05, 0) is 12.5 Å². The number of hydrogen-bond donors (Lipinski definition) is 1. The summed E-state index contributed by atoms with van der Waals surface area (Å²) in [6.07, 6.45) is 0.346. The second kappa shape index (κ2) is 4.43. The fourth-order valence-corrected chi connectivity index (χ4v) is 3.41. The molecule has 2 rings (SSSR count). The average molecular weight is 241 g/mol. The van der Waals surface area contributed by atoms with Gasteiger partial charge in [-0.15, -0.1) is 0 Å². The molecule has 1 atom stereocenters. The van der Waals surface area contributed by atoms with E-state index in [0.717, 1.165) is 5.56 Å². The molecule has 0 spiro atoms. The Bertz CT molecular complexity index is 470. The predicted molar refractivity (Wildman–Crippen MR) is 62.0 cm³/mol. The van der Waals surface area contributed by atoms with Crippen LogP contribution in [0.2, 0.25) is 0 Å². The predicted octanol–water partition coefficient (Wildman–Crippen LogP) is 0.711. The number of rotatable bonds is 3. The van der Waals surface area contributed by atoms with Crippen LogP contribution in [0.1, 0.15) is 12.0 Å². The van der Waals surface area contributed by atoms with Crippen molar-refractivity contribution in [2.24, 2.45) is 5.73 Å². The lowest BCUT2D eigenvalue weighted by Crippen LogP contribution is -2.18. The molecule has 1 fully saturated rings. The molecule has 5 heteroatoms. The van der Waals surface area contributed by atoms with Gasteiger partial charge in [-0.2, -0.15) is 0 Å². The number of para-hydroxylation sites is 1. The molecule has 4 nitrogen and oxygen atoms in total. The van der Waals surface area contributed by atoms with Crippen LogP contribution in [0.3, 0.4) is 0 Å². The maximum atomic E-state index is 11.3. The minimum Gasteiger partial charge on any atom is -0.489 e. The van der Waals surface area contributed by atoms with Crippen molar-refractivity contribution in [3.8, 4) is 5.75 Å². The average Bonchev–Trinajstić information content (AvgIpc) is 2.59. The number of benzene rings is 1. The van der Waals surface area contributed by atoms with Gasteiger partial charge in [0, 0.05) is 12.1 Å². The van der Waals surface area contributed by atoms with Gasteiger partial charge in [-0.1, -0.05) is 18.2 Å². The van der Waals surface area contributed by atoms with Crippen molar-refractivity contribution in [2.75, 3.05) is 11.5 Å². The molecule has 1 heterocycles. The topological polar surface area (TPSA) is 69.4 Å². The van der Waals surface area contributed by atoms with E-state index >= 15 is 0 Å². The molecule has 0 saturated carbocycles. The quantitative estimate of drug-likeness (QED) is 0.846. The van der Waals surface area contributed by atoms with Gasteiger partial charge in [0.15, 0.2) is 9.84 Å². The molecule has 0 amide bonds. The number of nitrogens with two attached hydrogens (primary N) is 1. The number of sulfone groups is 1. The summed E-state index contributed by atoms with van der Waals surface area (Å²) in [7, 11) is -2.89. The van der Waals surface area contributed by atoms with Crippen LogP contribution in [0.4, 0.5) is 0 Å². The Morgan fingerprint density at radius 3 is 2.75 bits per heavy atom. The highest BCUT2D eigenvalue weighted by Gasteiger charge is 2.29. The first-order chi connectivity index (χ1) is 7.61. The summed E-state index contributed by atoms with van der Waals surface area (Å²) >= 11 is 0. The molecule has 1 saturated heterocycles. The summed E-state index contributed by atoms with van der Waals surface area (Å²) in [4.78, 5) is 0. The van der Waals surface area contributed by atoms with E-state index in [4.69, 9.17) is 10.5 Å². The van der Waals surface area contributed by atoms with Crippen LogP contribution in [0, 0.1) is 0 Å². The minimum atomic E-state index is -2.89. The fourth-order valence-electron chi connectivity index (χ4n) is 1.82. The molecule has 0 aromatic heterocycles. The van der Waals surface area contributed by atoms with E-state index < -0.39 is 9.84 Å². The Balaban J connectivity index is 2.10. The van der Waals surface area contributed by atoms with Crippen molar-refractivity contribution < 1.29 is 13.2 Å². The van der Waals surface area contributed by atoms with Gasteiger partial charge >= 0.3 is 0 Å².